The molecular weight excluding hydrogens is 503 g/mol. The first-order valence-corrected chi connectivity index (χ1v) is 13.6. The van der Waals surface area contributed by atoms with E-state index in [9.17, 15) is 18.8 Å². The summed E-state index contributed by atoms with van der Waals surface area (Å²) in [7, 11) is 0. The molecule has 3 fully saturated rings. The predicted octanol–water partition coefficient (Wildman–Crippen LogP) is 2.74. The lowest BCUT2D eigenvalue weighted by Crippen LogP contribution is -2.41. The van der Waals surface area contributed by atoms with Gasteiger partial charge in [0.1, 0.15) is 5.82 Å². The van der Waals surface area contributed by atoms with Gasteiger partial charge in [0.15, 0.2) is 0 Å². The van der Waals surface area contributed by atoms with Crippen LogP contribution in [0, 0.1) is 11.7 Å². The van der Waals surface area contributed by atoms with Crippen molar-refractivity contribution in [2.45, 2.75) is 69.3 Å². The standard InChI is InChI=1S/C29H33FN4O5/c1-16(18-4-5-18)34(13-17-2-6-19(30)7-3-17)26(35)12-21-20-10-11-29(27(36)33-28(37)39-29)22(20)8-9-24(21)32-25-15-38-14-23(25)31/h2-3,6-9,16,18,23,25,32H,4-5,10-15,31H2,1H3,(H,33,36,37)/t16-,23?,25?,29?/m0/s1. The van der Waals surface area contributed by atoms with Gasteiger partial charge in [0.25, 0.3) is 5.91 Å². The number of alkyl carbamates (subject to hydrolysis) is 1. The van der Waals surface area contributed by atoms with E-state index in [0.717, 1.165) is 35.2 Å². The molecule has 6 rings (SSSR count). The molecule has 4 aliphatic rings. The highest BCUT2D eigenvalue weighted by Crippen LogP contribution is 2.46. The van der Waals surface area contributed by atoms with Gasteiger partial charge in [0.2, 0.25) is 11.5 Å². The molecule has 0 bridgehead atoms. The fourth-order valence-corrected chi connectivity index (χ4v) is 6.15. The number of fused-ring (bicyclic) bond motifs is 2. The second-order valence-corrected chi connectivity index (χ2v) is 11.1. The summed E-state index contributed by atoms with van der Waals surface area (Å²) in [6.45, 7) is 3.34. The van der Waals surface area contributed by atoms with Crippen LogP contribution < -0.4 is 16.4 Å². The molecule has 3 amide bonds. The molecule has 0 aromatic heterocycles. The van der Waals surface area contributed by atoms with Gasteiger partial charge in [-0.1, -0.05) is 18.2 Å². The number of rotatable bonds is 8. The molecule has 10 heteroatoms. The number of nitrogens with one attached hydrogen (secondary N) is 2. The third-order valence-corrected chi connectivity index (χ3v) is 8.62. The second-order valence-electron chi connectivity index (χ2n) is 11.1. The molecule has 3 unspecified atom stereocenters. The van der Waals surface area contributed by atoms with Crippen molar-refractivity contribution in [3.8, 4) is 0 Å². The number of nitrogens with two attached hydrogens (primary N) is 1. The Morgan fingerprint density at radius 2 is 1.97 bits per heavy atom. The molecule has 4 atom stereocenters. The van der Waals surface area contributed by atoms with E-state index < -0.39 is 17.6 Å². The fourth-order valence-electron chi connectivity index (χ4n) is 6.15. The van der Waals surface area contributed by atoms with Crippen molar-refractivity contribution in [1.29, 1.82) is 0 Å². The number of anilines is 1. The number of carbonyl (C=O) groups excluding carboxylic acids is 3. The van der Waals surface area contributed by atoms with Crippen molar-refractivity contribution < 1.29 is 28.2 Å². The summed E-state index contributed by atoms with van der Waals surface area (Å²) in [4.78, 5) is 40.7. The van der Waals surface area contributed by atoms with Gasteiger partial charge in [-0.15, -0.1) is 0 Å². The number of ether oxygens (including phenoxy) is 2. The van der Waals surface area contributed by atoms with Crippen LogP contribution in [0.15, 0.2) is 36.4 Å². The van der Waals surface area contributed by atoms with E-state index in [0.29, 0.717) is 44.1 Å². The number of nitrogens with zero attached hydrogens (tertiary/aromatic N) is 1. The molecule has 2 heterocycles. The van der Waals surface area contributed by atoms with Crippen LogP contribution in [0.1, 0.15) is 48.4 Å². The monoisotopic (exact) mass is 536 g/mol. The van der Waals surface area contributed by atoms with Gasteiger partial charge < -0.3 is 25.4 Å². The summed E-state index contributed by atoms with van der Waals surface area (Å²) in [5.41, 5.74) is 8.72. The molecule has 2 aromatic carbocycles. The molecule has 4 N–H and O–H groups in total. The summed E-state index contributed by atoms with van der Waals surface area (Å²) in [6.07, 6.45) is 2.28. The number of imide groups is 1. The van der Waals surface area contributed by atoms with Crippen LogP contribution in [0.2, 0.25) is 0 Å². The molecule has 206 valence electrons. The van der Waals surface area contributed by atoms with Crippen molar-refractivity contribution in [2.24, 2.45) is 11.7 Å². The highest BCUT2D eigenvalue weighted by molar-refractivity contribution is 6.04. The molecule has 9 nitrogen and oxygen atoms in total. The van der Waals surface area contributed by atoms with E-state index in [1.54, 1.807) is 18.2 Å². The zero-order valence-corrected chi connectivity index (χ0v) is 21.9. The number of carbonyl (C=O) groups is 3. The topological polar surface area (TPSA) is 123 Å². The summed E-state index contributed by atoms with van der Waals surface area (Å²) < 4.78 is 24.6. The first kappa shape index (κ1) is 25.8. The second kappa shape index (κ2) is 9.91. The smallest absolute Gasteiger partial charge is 0.415 e. The maximum atomic E-state index is 14.1. The van der Waals surface area contributed by atoms with Gasteiger partial charge >= 0.3 is 6.09 Å². The molecule has 1 saturated carbocycles. The maximum absolute atomic E-state index is 14.1. The Morgan fingerprint density at radius 1 is 1.21 bits per heavy atom. The normalized spacial score (nSPS) is 26.3. The summed E-state index contributed by atoms with van der Waals surface area (Å²) in [6, 6.07) is 9.59. The van der Waals surface area contributed by atoms with Crippen molar-refractivity contribution in [1.82, 2.24) is 10.2 Å². The number of hydrogen-bond donors (Lipinski definition) is 3. The summed E-state index contributed by atoms with van der Waals surface area (Å²) in [5, 5.41) is 5.74. The van der Waals surface area contributed by atoms with Crippen LogP contribution in [0.5, 0.6) is 0 Å². The SMILES string of the molecule is C[C@@H](C1CC1)N(Cc1ccc(F)cc1)C(=O)Cc1c(NC2COCC2N)ccc2c1CCC21OC(=O)NC1=O. The number of halogens is 1. The van der Waals surface area contributed by atoms with Crippen molar-refractivity contribution in [2.75, 3.05) is 18.5 Å². The molecule has 1 spiro atoms. The average molecular weight is 537 g/mol. The van der Waals surface area contributed by atoms with E-state index in [4.69, 9.17) is 15.2 Å². The minimum Gasteiger partial charge on any atom is -0.427 e. The predicted molar refractivity (Wildman–Crippen MR) is 140 cm³/mol. The first-order chi connectivity index (χ1) is 18.7. The Hall–Kier alpha value is -3.50. The quantitative estimate of drug-likeness (QED) is 0.474. The van der Waals surface area contributed by atoms with Crippen LogP contribution in [0.4, 0.5) is 14.9 Å². The van der Waals surface area contributed by atoms with Crippen LogP contribution in [0.25, 0.3) is 0 Å². The molecule has 39 heavy (non-hydrogen) atoms. The highest BCUT2D eigenvalue weighted by Gasteiger charge is 2.55. The zero-order valence-electron chi connectivity index (χ0n) is 21.9. The Labute approximate surface area is 226 Å². The van der Waals surface area contributed by atoms with Gasteiger partial charge in [0, 0.05) is 30.3 Å². The molecule has 2 aliphatic carbocycles. The lowest BCUT2D eigenvalue weighted by atomic mass is 9.91. The van der Waals surface area contributed by atoms with Crippen molar-refractivity contribution >= 4 is 23.6 Å². The van der Waals surface area contributed by atoms with Crippen LogP contribution >= 0.6 is 0 Å². The van der Waals surface area contributed by atoms with Gasteiger partial charge in [-0.3, -0.25) is 14.9 Å². The molecular formula is C29H33FN4O5. The van der Waals surface area contributed by atoms with Gasteiger partial charge in [-0.2, -0.15) is 0 Å². The number of amides is 3. The third kappa shape index (κ3) is 4.76. The van der Waals surface area contributed by atoms with E-state index in [1.165, 1.54) is 12.1 Å². The molecule has 0 radical (unpaired) electrons. The summed E-state index contributed by atoms with van der Waals surface area (Å²) in [5.74, 6) is -0.416. The van der Waals surface area contributed by atoms with Crippen molar-refractivity contribution in [3.63, 3.8) is 0 Å². The average Bonchev–Trinajstić information content (AvgIpc) is 3.50. The minimum atomic E-state index is -1.37. The fraction of sp³-hybridized carbons (Fsp3) is 0.483. The number of hydrogen-bond acceptors (Lipinski definition) is 7. The van der Waals surface area contributed by atoms with Gasteiger partial charge in [0.05, 0.1) is 31.7 Å². The van der Waals surface area contributed by atoms with Crippen LogP contribution in [0.3, 0.4) is 0 Å². The molecule has 2 saturated heterocycles. The summed E-state index contributed by atoms with van der Waals surface area (Å²) >= 11 is 0. The molecule has 2 aromatic rings. The van der Waals surface area contributed by atoms with Gasteiger partial charge in [-0.05, 0) is 67.0 Å². The Morgan fingerprint density at radius 3 is 2.62 bits per heavy atom. The van der Waals surface area contributed by atoms with E-state index in [2.05, 4.69) is 17.6 Å². The Kier molecular flexibility index (Phi) is 6.55. The highest BCUT2D eigenvalue weighted by atomic mass is 19.1. The largest absolute Gasteiger partial charge is 0.427 e. The Bertz CT molecular complexity index is 1310. The van der Waals surface area contributed by atoms with Crippen molar-refractivity contribution in [3.05, 3.63) is 64.5 Å². The number of benzene rings is 2. The van der Waals surface area contributed by atoms with Gasteiger partial charge in [-0.25, -0.2) is 9.18 Å². The van der Waals surface area contributed by atoms with Crippen LogP contribution in [-0.4, -0.2) is 54.1 Å². The lowest BCUT2D eigenvalue weighted by molar-refractivity contribution is -0.133. The van der Waals surface area contributed by atoms with Crippen LogP contribution in [-0.2, 0) is 44.1 Å². The lowest BCUT2D eigenvalue weighted by Gasteiger charge is -2.31. The van der Waals surface area contributed by atoms with E-state index in [1.807, 2.05) is 11.0 Å². The van der Waals surface area contributed by atoms with E-state index >= 15 is 0 Å². The zero-order chi connectivity index (χ0) is 27.3. The molecule has 2 aliphatic heterocycles. The Balaban J connectivity index is 1.35. The third-order valence-electron chi connectivity index (χ3n) is 8.62. The maximum Gasteiger partial charge on any atom is 0.415 e. The van der Waals surface area contributed by atoms with E-state index in [-0.39, 0.29) is 36.3 Å². The first-order valence-electron chi connectivity index (χ1n) is 13.6. The minimum absolute atomic E-state index is 0.0280.